The Morgan fingerprint density at radius 2 is 2.21 bits per heavy atom. The summed E-state index contributed by atoms with van der Waals surface area (Å²) in [5.74, 6) is 0.148. The van der Waals surface area contributed by atoms with Gasteiger partial charge in [-0.2, -0.15) is 0 Å². The maximum absolute atomic E-state index is 12.2. The first-order chi connectivity index (χ1) is 9.29. The standard InChI is InChI=1S/C13H25N3O3/c17-7-4-15(10-12-2-1-3-14-12)11-13(18)16-5-8-19-9-6-16/h12,14,17H,1-11H2. The third-order valence-electron chi connectivity index (χ3n) is 3.78. The van der Waals surface area contributed by atoms with E-state index < -0.39 is 0 Å². The molecule has 2 saturated heterocycles. The molecule has 6 heteroatoms. The Balaban J connectivity index is 1.78. The van der Waals surface area contributed by atoms with Crippen LogP contribution in [0, 0.1) is 0 Å². The quantitative estimate of drug-likeness (QED) is 0.641. The second-order valence-electron chi connectivity index (χ2n) is 5.25. The fraction of sp³-hybridized carbons (Fsp3) is 0.923. The zero-order valence-corrected chi connectivity index (χ0v) is 11.5. The highest BCUT2D eigenvalue weighted by Crippen LogP contribution is 2.07. The number of nitrogens with one attached hydrogen (secondary N) is 1. The Kier molecular flexibility index (Phi) is 6.03. The van der Waals surface area contributed by atoms with E-state index in [0.717, 1.165) is 19.5 Å². The van der Waals surface area contributed by atoms with Crippen LogP contribution in [-0.2, 0) is 9.53 Å². The Hall–Kier alpha value is -0.690. The van der Waals surface area contributed by atoms with Gasteiger partial charge in [0.2, 0.25) is 5.91 Å². The largest absolute Gasteiger partial charge is 0.395 e. The minimum Gasteiger partial charge on any atom is -0.395 e. The maximum Gasteiger partial charge on any atom is 0.236 e. The lowest BCUT2D eigenvalue weighted by atomic mass is 10.2. The first-order valence-electron chi connectivity index (χ1n) is 7.21. The second kappa shape index (κ2) is 7.79. The van der Waals surface area contributed by atoms with E-state index in [1.54, 1.807) is 0 Å². The van der Waals surface area contributed by atoms with Crippen LogP contribution in [0.1, 0.15) is 12.8 Å². The highest BCUT2D eigenvalue weighted by atomic mass is 16.5. The number of aliphatic hydroxyl groups is 1. The molecule has 2 N–H and O–H groups in total. The normalized spacial score (nSPS) is 24.1. The molecule has 0 radical (unpaired) electrons. The first kappa shape index (κ1) is 14.7. The Morgan fingerprint density at radius 3 is 2.84 bits per heavy atom. The summed E-state index contributed by atoms with van der Waals surface area (Å²) in [6.45, 7) is 5.62. The molecule has 2 aliphatic heterocycles. The van der Waals surface area contributed by atoms with E-state index in [2.05, 4.69) is 10.2 Å². The molecular weight excluding hydrogens is 246 g/mol. The highest BCUT2D eigenvalue weighted by molar-refractivity contribution is 5.78. The molecular formula is C13H25N3O3. The van der Waals surface area contributed by atoms with Crippen molar-refractivity contribution in [3.8, 4) is 0 Å². The van der Waals surface area contributed by atoms with Gasteiger partial charge >= 0.3 is 0 Å². The summed E-state index contributed by atoms with van der Waals surface area (Å²) in [5, 5.41) is 12.6. The summed E-state index contributed by atoms with van der Waals surface area (Å²) in [7, 11) is 0. The molecule has 2 rings (SSSR count). The molecule has 19 heavy (non-hydrogen) atoms. The molecule has 1 amide bonds. The SMILES string of the molecule is O=C(CN(CCO)CC1CCCN1)N1CCOCC1. The number of carbonyl (C=O) groups excluding carboxylic acids is 1. The summed E-state index contributed by atoms with van der Waals surface area (Å²) in [6, 6.07) is 0.462. The topological polar surface area (TPSA) is 65.0 Å². The lowest BCUT2D eigenvalue weighted by molar-refractivity contribution is -0.136. The van der Waals surface area contributed by atoms with Gasteiger partial charge in [-0.05, 0) is 19.4 Å². The Morgan fingerprint density at radius 1 is 1.42 bits per heavy atom. The number of hydrogen-bond acceptors (Lipinski definition) is 5. The fourth-order valence-corrected chi connectivity index (χ4v) is 2.70. The molecule has 2 fully saturated rings. The van der Waals surface area contributed by atoms with Crippen LogP contribution in [0.4, 0.5) is 0 Å². The number of aliphatic hydroxyl groups excluding tert-OH is 1. The van der Waals surface area contributed by atoms with Crippen LogP contribution >= 0.6 is 0 Å². The highest BCUT2D eigenvalue weighted by Gasteiger charge is 2.22. The molecule has 0 aliphatic carbocycles. The summed E-state index contributed by atoms with van der Waals surface area (Å²) >= 11 is 0. The van der Waals surface area contributed by atoms with Crippen LogP contribution in [0.2, 0.25) is 0 Å². The van der Waals surface area contributed by atoms with Gasteiger partial charge in [-0.1, -0.05) is 0 Å². The van der Waals surface area contributed by atoms with E-state index in [0.29, 0.717) is 45.4 Å². The van der Waals surface area contributed by atoms with Crippen LogP contribution in [0.3, 0.4) is 0 Å². The van der Waals surface area contributed by atoms with Crippen LogP contribution in [-0.4, -0.2) is 85.9 Å². The lowest BCUT2D eigenvalue weighted by Crippen LogP contribution is -2.48. The van der Waals surface area contributed by atoms with Gasteiger partial charge in [0.15, 0.2) is 0 Å². The van der Waals surface area contributed by atoms with Crippen molar-refractivity contribution in [2.24, 2.45) is 0 Å². The minimum absolute atomic E-state index is 0.100. The molecule has 0 saturated carbocycles. The molecule has 6 nitrogen and oxygen atoms in total. The zero-order valence-electron chi connectivity index (χ0n) is 11.5. The number of hydrogen-bond donors (Lipinski definition) is 2. The van der Waals surface area contributed by atoms with Crippen molar-refractivity contribution in [2.75, 3.05) is 59.1 Å². The van der Waals surface area contributed by atoms with Gasteiger partial charge in [0.1, 0.15) is 0 Å². The van der Waals surface area contributed by atoms with Crippen molar-refractivity contribution in [2.45, 2.75) is 18.9 Å². The second-order valence-corrected chi connectivity index (χ2v) is 5.25. The molecule has 1 atom stereocenters. The Labute approximate surface area is 114 Å². The maximum atomic E-state index is 12.2. The summed E-state index contributed by atoms with van der Waals surface area (Å²) < 4.78 is 5.25. The predicted molar refractivity (Wildman–Crippen MR) is 71.9 cm³/mol. The Bertz CT molecular complexity index is 276. The molecule has 2 heterocycles. The van der Waals surface area contributed by atoms with Crippen molar-refractivity contribution < 1.29 is 14.6 Å². The van der Waals surface area contributed by atoms with Crippen molar-refractivity contribution in [1.82, 2.24) is 15.1 Å². The number of ether oxygens (including phenoxy) is 1. The van der Waals surface area contributed by atoms with E-state index in [-0.39, 0.29) is 12.5 Å². The summed E-state index contributed by atoms with van der Waals surface area (Å²) in [4.78, 5) is 16.1. The predicted octanol–water partition coefficient (Wildman–Crippen LogP) is -1.11. The van der Waals surface area contributed by atoms with Gasteiger partial charge < -0.3 is 20.1 Å². The van der Waals surface area contributed by atoms with Gasteiger partial charge in [-0.25, -0.2) is 0 Å². The smallest absolute Gasteiger partial charge is 0.236 e. The van der Waals surface area contributed by atoms with Crippen LogP contribution in [0.5, 0.6) is 0 Å². The van der Waals surface area contributed by atoms with E-state index in [1.807, 2.05) is 4.90 Å². The molecule has 0 aromatic carbocycles. The fourth-order valence-electron chi connectivity index (χ4n) is 2.70. The molecule has 0 spiro atoms. The third kappa shape index (κ3) is 4.72. The van der Waals surface area contributed by atoms with Gasteiger partial charge in [-0.15, -0.1) is 0 Å². The summed E-state index contributed by atoms with van der Waals surface area (Å²) in [5.41, 5.74) is 0. The lowest BCUT2D eigenvalue weighted by Gasteiger charge is -2.30. The van der Waals surface area contributed by atoms with Crippen molar-refractivity contribution in [1.29, 1.82) is 0 Å². The first-order valence-corrected chi connectivity index (χ1v) is 7.21. The monoisotopic (exact) mass is 271 g/mol. The van der Waals surface area contributed by atoms with Crippen molar-refractivity contribution in [3.63, 3.8) is 0 Å². The summed E-state index contributed by atoms with van der Waals surface area (Å²) in [6.07, 6.45) is 2.36. The average Bonchev–Trinajstić information content (AvgIpc) is 2.93. The zero-order chi connectivity index (χ0) is 13.5. The molecule has 0 aromatic rings. The van der Waals surface area contributed by atoms with Crippen molar-refractivity contribution >= 4 is 5.91 Å². The van der Waals surface area contributed by atoms with Gasteiger partial charge in [0, 0.05) is 32.2 Å². The van der Waals surface area contributed by atoms with Gasteiger partial charge in [-0.3, -0.25) is 9.69 Å². The molecule has 0 aromatic heterocycles. The number of nitrogens with zero attached hydrogens (tertiary/aromatic N) is 2. The minimum atomic E-state index is 0.100. The van der Waals surface area contributed by atoms with Crippen molar-refractivity contribution in [3.05, 3.63) is 0 Å². The number of amides is 1. The van der Waals surface area contributed by atoms with Crippen LogP contribution in [0.15, 0.2) is 0 Å². The molecule has 1 unspecified atom stereocenters. The average molecular weight is 271 g/mol. The van der Waals surface area contributed by atoms with E-state index in [1.165, 1.54) is 6.42 Å². The number of carbonyl (C=O) groups is 1. The molecule has 2 aliphatic rings. The molecule has 110 valence electrons. The van der Waals surface area contributed by atoms with E-state index in [4.69, 9.17) is 9.84 Å². The van der Waals surface area contributed by atoms with Gasteiger partial charge in [0.05, 0.1) is 26.4 Å². The van der Waals surface area contributed by atoms with E-state index in [9.17, 15) is 4.79 Å². The number of morpholine rings is 1. The van der Waals surface area contributed by atoms with Crippen LogP contribution < -0.4 is 5.32 Å². The van der Waals surface area contributed by atoms with E-state index >= 15 is 0 Å². The van der Waals surface area contributed by atoms with Gasteiger partial charge in [0.25, 0.3) is 0 Å². The molecule has 0 bridgehead atoms. The number of rotatable bonds is 6. The third-order valence-corrected chi connectivity index (χ3v) is 3.78. The van der Waals surface area contributed by atoms with Crippen LogP contribution in [0.25, 0.3) is 0 Å².